The van der Waals surface area contributed by atoms with E-state index in [4.69, 9.17) is 4.74 Å². The van der Waals surface area contributed by atoms with E-state index in [0.717, 1.165) is 11.3 Å². The molecular formula is C19H21NO3. The Labute approximate surface area is 136 Å². The molecule has 1 atom stereocenters. The van der Waals surface area contributed by atoms with Gasteiger partial charge in [-0.05, 0) is 50.2 Å². The van der Waals surface area contributed by atoms with Crippen molar-refractivity contribution in [1.29, 1.82) is 0 Å². The van der Waals surface area contributed by atoms with E-state index in [9.17, 15) is 9.59 Å². The van der Waals surface area contributed by atoms with E-state index in [2.05, 4.69) is 5.32 Å². The Hall–Kier alpha value is -2.62. The lowest BCUT2D eigenvalue weighted by atomic mass is 10.1. The maximum absolute atomic E-state index is 12.1. The third-order valence-electron chi connectivity index (χ3n) is 3.50. The van der Waals surface area contributed by atoms with Crippen LogP contribution in [0.4, 0.5) is 5.69 Å². The van der Waals surface area contributed by atoms with Gasteiger partial charge in [-0.15, -0.1) is 0 Å². The molecule has 0 spiro atoms. The molecular weight excluding hydrogens is 290 g/mol. The zero-order valence-electron chi connectivity index (χ0n) is 13.6. The lowest BCUT2D eigenvalue weighted by Gasteiger charge is -2.15. The third kappa shape index (κ3) is 4.68. The number of Topliss-reactive ketones (excluding diaryl/α,β-unsaturated/α-hetero) is 1. The number of carbonyl (C=O) groups excluding carboxylic acids is 2. The molecule has 2 rings (SSSR count). The summed E-state index contributed by atoms with van der Waals surface area (Å²) < 4.78 is 5.62. The maximum Gasteiger partial charge on any atom is 0.265 e. The van der Waals surface area contributed by atoms with Crippen molar-refractivity contribution in [3.05, 3.63) is 59.7 Å². The molecule has 0 aliphatic rings. The highest BCUT2D eigenvalue weighted by atomic mass is 16.5. The van der Waals surface area contributed by atoms with Gasteiger partial charge in [0.2, 0.25) is 0 Å². The van der Waals surface area contributed by atoms with Gasteiger partial charge in [-0.2, -0.15) is 0 Å². The number of anilines is 1. The van der Waals surface area contributed by atoms with Crippen molar-refractivity contribution in [3.63, 3.8) is 0 Å². The van der Waals surface area contributed by atoms with Crippen LogP contribution in [0.3, 0.4) is 0 Å². The van der Waals surface area contributed by atoms with Crippen molar-refractivity contribution in [2.24, 2.45) is 0 Å². The van der Waals surface area contributed by atoms with Crippen LogP contribution in [-0.4, -0.2) is 17.8 Å². The van der Waals surface area contributed by atoms with E-state index >= 15 is 0 Å². The topological polar surface area (TPSA) is 55.4 Å². The number of hydrogen-bond acceptors (Lipinski definition) is 3. The van der Waals surface area contributed by atoms with Crippen LogP contribution in [-0.2, 0) is 4.79 Å². The van der Waals surface area contributed by atoms with Crippen LogP contribution in [0.25, 0.3) is 0 Å². The SMILES string of the molecule is CCC(=O)c1ccc(O[C@@H](C)C(=O)Nc2ccc(C)cc2)cc1. The molecule has 0 bridgehead atoms. The third-order valence-corrected chi connectivity index (χ3v) is 3.50. The van der Waals surface area contributed by atoms with Crippen molar-refractivity contribution < 1.29 is 14.3 Å². The van der Waals surface area contributed by atoms with Gasteiger partial charge >= 0.3 is 0 Å². The first kappa shape index (κ1) is 16.7. The van der Waals surface area contributed by atoms with E-state index in [1.807, 2.05) is 38.1 Å². The molecule has 0 unspecified atom stereocenters. The smallest absolute Gasteiger partial charge is 0.265 e. The maximum atomic E-state index is 12.1. The standard InChI is InChI=1S/C19H21NO3/c1-4-18(21)15-7-11-17(12-8-15)23-14(3)19(22)20-16-9-5-13(2)6-10-16/h5-12,14H,4H2,1-3H3,(H,20,22)/t14-/m0/s1. The molecule has 0 aliphatic heterocycles. The number of rotatable bonds is 6. The lowest BCUT2D eigenvalue weighted by molar-refractivity contribution is -0.122. The first-order valence-electron chi connectivity index (χ1n) is 7.67. The van der Waals surface area contributed by atoms with Gasteiger partial charge in [0.05, 0.1) is 0 Å². The van der Waals surface area contributed by atoms with Crippen LogP contribution < -0.4 is 10.1 Å². The molecule has 4 heteroatoms. The summed E-state index contributed by atoms with van der Waals surface area (Å²) in [5.41, 5.74) is 2.52. The minimum Gasteiger partial charge on any atom is -0.481 e. The fourth-order valence-corrected chi connectivity index (χ4v) is 2.06. The average Bonchev–Trinajstić information content (AvgIpc) is 2.56. The Morgan fingerprint density at radius 3 is 2.22 bits per heavy atom. The van der Waals surface area contributed by atoms with Crippen LogP contribution in [0.2, 0.25) is 0 Å². The quantitative estimate of drug-likeness (QED) is 0.821. The molecule has 4 nitrogen and oxygen atoms in total. The van der Waals surface area contributed by atoms with E-state index in [0.29, 0.717) is 17.7 Å². The van der Waals surface area contributed by atoms with Gasteiger partial charge in [0, 0.05) is 17.7 Å². The van der Waals surface area contributed by atoms with Gasteiger partial charge in [0.15, 0.2) is 11.9 Å². The second kappa shape index (κ2) is 7.58. The van der Waals surface area contributed by atoms with Crippen molar-refractivity contribution >= 4 is 17.4 Å². The highest BCUT2D eigenvalue weighted by Gasteiger charge is 2.15. The molecule has 0 fully saturated rings. The number of ether oxygens (including phenoxy) is 1. The predicted octanol–water partition coefficient (Wildman–Crippen LogP) is 3.99. The predicted molar refractivity (Wildman–Crippen MR) is 91.0 cm³/mol. The lowest BCUT2D eigenvalue weighted by Crippen LogP contribution is -2.30. The van der Waals surface area contributed by atoms with Crippen LogP contribution in [0.5, 0.6) is 5.75 Å². The molecule has 1 amide bonds. The number of amides is 1. The van der Waals surface area contributed by atoms with Crippen LogP contribution in [0.1, 0.15) is 36.2 Å². The zero-order valence-corrected chi connectivity index (χ0v) is 13.6. The molecule has 2 aromatic carbocycles. The fourth-order valence-electron chi connectivity index (χ4n) is 2.06. The summed E-state index contributed by atoms with van der Waals surface area (Å²) >= 11 is 0. The number of benzene rings is 2. The van der Waals surface area contributed by atoms with Gasteiger partial charge in [-0.25, -0.2) is 0 Å². The summed E-state index contributed by atoms with van der Waals surface area (Å²) in [5.74, 6) is 0.425. The second-order valence-corrected chi connectivity index (χ2v) is 5.42. The summed E-state index contributed by atoms with van der Waals surface area (Å²) in [4.78, 5) is 23.7. The van der Waals surface area contributed by atoms with Gasteiger partial charge in [-0.1, -0.05) is 24.6 Å². The van der Waals surface area contributed by atoms with Gasteiger partial charge in [0.25, 0.3) is 5.91 Å². The highest BCUT2D eigenvalue weighted by Crippen LogP contribution is 2.16. The summed E-state index contributed by atoms with van der Waals surface area (Å²) in [5, 5.41) is 2.81. The molecule has 23 heavy (non-hydrogen) atoms. The Kier molecular flexibility index (Phi) is 5.52. The Bertz CT molecular complexity index is 675. The van der Waals surface area contributed by atoms with Crippen LogP contribution in [0.15, 0.2) is 48.5 Å². The number of nitrogens with one attached hydrogen (secondary N) is 1. The molecule has 0 saturated heterocycles. The van der Waals surface area contributed by atoms with Crippen molar-refractivity contribution in [1.82, 2.24) is 0 Å². The first-order valence-corrected chi connectivity index (χ1v) is 7.67. The van der Waals surface area contributed by atoms with E-state index in [1.54, 1.807) is 31.2 Å². The minimum absolute atomic E-state index is 0.0849. The van der Waals surface area contributed by atoms with Crippen molar-refractivity contribution in [2.45, 2.75) is 33.3 Å². The summed E-state index contributed by atoms with van der Waals surface area (Å²) in [6, 6.07) is 14.4. The molecule has 120 valence electrons. The molecule has 1 N–H and O–H groups in total. The van der Waals surface area contributed by atoms with Crippen molar-refractivity contribution in [3.8, 4) is 5.75 Å². The van der Waals surface area contributed by atoms with Gasteiger partial charge < -0.3 is 10.1 Å². The highest BCUT2D eigenvalue weighted by molar-refractivity contribution is 5.96. The van der Waals surface area contributed by atoms with Crippen molar-refractivity contribution in [2.75, 3.05) is 5.32 Å². The molecule has 0 radical (unpaired) electrons. The Morgan fingerprint density at radius 1 is 1.04 bits per heavy atom. The monoisotopic (exact) mass is 311 g/mol. The Morgan fingerprint density at radius 2 is 1.65 bits per heavy atom. The van der Waals surface area contributed by atoms with Gasteiger partial charge in [-0.3, -0.25) is 9.59 Å². The number of ketones is 1. The van der Waals surface area contributed by atoms with Crippen LogP contribution in [0, 0.1) is 6.92 Å². The Balaban J connectivity index is 1.95. The normalized spacial score (nSPS) is 11.6. The molecule has 0 saturated carbocycles. The second-order valence-electron chi connectivity index (χ2n) is 5.42. The fraction of sp³-hybridized carbons (Fsp3) is 0.263. The number of hydrogen-bond donors (Lipinski definition) is 1. The van der Waals surface area contributed by atoms with Gasteiger partial charge in [0.1, 0.15) is 5.75 Å². The molecule has 0 aromatic heterocycles. The zero-order chi connectivity index (χ0) is 16.8. The molecule has 2 aromatic rings. The molecule has 0 aliphatic carbocycles. The van der Waals surface area contributed by atoms with E-state index < -0.39 is 6.10 Å². The first-order chi connectivity index (χ1) is 11.0. The van der Waals surface area contributed by atoms with E-state index in [1.165, 1.54) is 0 Å². The molecule has 0 heterocycles. The minimum atomic E-state index is -0.635. The summed E-state index contributed by atoms with van der Waals surface area (Å²) in [7, 11) is 0. The average molecular weight is 311 g/mol. The number of carbonyl (C=O) groups is 2. The largest absolute Gasteiger partial charge is 0.481 e. The van der Waals surface area contributed by atoms with E-state index in [-0.39, 0.29) is 11.7 Å². The summed E-state index contributed by atoms with van der Waals surface area (Å²) in [6.45, 7) is 5.50. The van der Waals surface area contributed by atoms with Crippen LogP contribution >= 0.6 is 0 Å². The number of aryl methyl sites for hydroxylation is 1. The summed E-state index contributed by atoms with van der Waals surface area (Å²) in [6.07, 6.45) is -0.167.